The van der Waals surface area contributed by atoms with Gasteiger partial charge in [0, 0.05) is 5.25 Å². The van der Waals surface area contributed by atoms with Gasteiger partial charge in [0.1, 0.15) is 12.4 Å². The van der Waals surface area contributed by atoms with Gasteiger partial charge in [0.25, 0.3) is 0 Å². The van der Waals surface area contributed by atoms with Crippen LogP contribution in [0.4, 0.5) is 0 Å². The van der Waals surface area contributed by atoms with E-state index in [1.54, 1.807) is 0 Å². The monoisotopic (exact) mass is 371 g/mol. The lowest BCUT2D eigenvalue weighted by molar-refractivity contribution is -0.118. The Morgan fingerprint density at radius 1 is 1.33 bits per heavy atom. The largest absolute Gasteiger partial charge is 0.492 e. The van der Waals surface area contributed by atoms with E-state index in [0.29, 0.717) is 31.2 Å². The van der Waals surface area contributed by atoms with Crippen LogP contribution in [0.1, 0.15) is 31.7 Å². The summed E-state index contributed by atoms with van der Waals surface area (Å²) in [5.74, 6) is 1.94. The number of benzene rings is 1. The number of amides is 1. The van der Waals surface area contributed by atoms with Gasteiger partial charge in [-0.15, -0.1) is 11.8 Å². The van der Waals surface area contributed by atoms with Crippen LogP contribution in [0.5, 0.6) is 5.75 Å². The molecule has 1 fully saturated rings. The predicted molar refractivity (Wildman–Crippen MR) is 98.6 cm³/mol. The third-order valence-electron chi connectivity index (χ3n) is 3.88. The second-order valence-electron chi connectivity index (χ2n) is 6.26. The molecule has 1 aliphatic rings. The van der Waals surface area contributed by atoms with Crippen molar-refractivity contribution in [3.8, 4) is 5.75 Å². The Labute approximate surface area is 148 Å². The molecule has 1 N–H and O–H groups in total. The fraction of sp³-hybridized carbons (Fsp3) is 0.588. The molecule has 0 bridgehead atoms. The molecule has 0 radical (unpaired) electrons. The highest BCUT2D eigenvalue weighted by Crippen LogP contribution is 2.24. The summed E-state index contributed by atoms with van der Waals surface area (Å²) in [6.45, 7) is 5.14. The predicted octanol–water partition coefficient (Wildman–Crippen LogP) is 2.23. The van der Waals surface area contributed by atoms with Gasteiger partial charge in [0.05, 0.1) is 23.8 Å². The van der Waals surface area contributed by atoms with Gasteiger partial charge in [-0.25, -0.2) is 8.42 Å². The molecule has 1 amide bonds. The number of thioether (sulfide) groups is 1. The van der Waals surface area contributed by atoms with Crippen molar-refractivity contribution in [2.45, 2.75) is 31.4 Å². The van der Waals surface area contributed by atoms with Crippen LogP contribution in [0.25, 0.3) is 0 Å². The molecule has 2 rings (SSSR count). The number of hydrogen-bond acceptors (Lipinski definition) is 5. The standard InChI is InChI=1S/C17H25NO4S2/c1-13(2)14-3-5-15(6-4-14)22-9-8-18-17(19)11-23-16-7-10-24(20,21)12-16/h3-6,13,16H,7-12H2,1-2H3,(H,18,19)/t16-/m0/s1. The van der Waals surface area contributed by atoms with Crippen LogP contribution in [0.3, 0.4) is 0 Å². The summed E-state index contributed by atoms with van der Waals surface area (Å²) in [6, 6.07) is 7.97. The Balaban J connectivity index is 1.59. The van der Waals surface area contributed by atoms with Gasteiger partial charge < -0.3 is 10.1 Å². The molecule has 7 heteroatoms. The lowest BCUT2D eigenvalue weighted by Gasteiger charge is -2.10. The van der Waals surface area contributed by atoms with Crippen molar-refractivity contribution >= 4 is 27.5 Å². The van der Waals surface area contributed by atoms with Crippen LogP contribution in [-0.2, 0) is 14.6 Å². The van der Waals surface area contributed by atoms with Gasteiger partial charge in [-0.1, -0.05) is 26.0 Å². The van der Waals surface area contributed by atoms with Gasteiger partial charge in [-0.05, 0) is 30.0 Å². The normalized spacial score (nSPS) is 19.4. The van der Waals surface area contributed by atoms with E-state index in [0.717, 1.165) is 5.75 Å². The molecule has 134 valence electrons. The van der Waals surface area contributed by atoms with Crippen LogP contribution < -0.4 is 10.1 Å². The second-order valence-corrected chi connectivity index (χ2v) is 9.78. The Hall–Kier alpha value is -1.21. The van der Waals surface area contributed by atoms with Crippen molar-refractivity contribution in [1.82, 2.24) is 5.32 Å². The highest BCUT2D eigenvalue weighted by atomic mass is 32.2. The lowest BCUT2D eigenvalue weighted by atomic mass is 10.0. The number of sulfone groups is 1. The van der Waals surface area contributed by atoms with Crippen molar-refractivity contribution in [3.63, 3.8) is 0 Å². The van der Waals surface area contributed by atoms with Gasteiger partial charge in [0.2, 0.25) is 5.91 Å². The van der Waals surface area contributed by atoms with E-state index < -0.39 is 9.84 Å². The third-order valence-corrected chi connectivity index (χ3v) is 7.16. The summed E-state index contributed by atoms with van der Waals surface area (Å²) in [5.41, 5.74) is 1.27. The molecule has 1 aliphatic heterocycles. The minimum Gasteiger partial charge on any atom is -0.492 e. The summed E-state index contributed by atoms with van der Waals surface area (Å²) in [7, 11) is -2.88. The summed E-state index contributed by atoms with van der Waals surface area (Å²) < 4.78 is 28.3. The molecule has 1 atom stereocenters. The summed E-state index contributed by atoms with van der Waals surface area (Å²) >= 11 is 1.42. The molecular formula is C17H25NO4S2. The molecule has 0 spiro atoms. The average Bonchev–Trinajstić information content (AvgIpc) is 2.89. The van der Waals surface area contributed by atoms with Crippen LogP contribution in [0.15, 0.2) is 24.3 Å². The molecular weight excluding hydrogens is 346 g/mol. The Morgan fingerprint density at radius 3 is 2.62 bits per heavy atom. The average molecular weight is 372 g/mol. The molecule has 5 nitrogen and oxygen atoms in total. The minimum absolute atomic E-state index is 0.0523. The van der Waals surface area contributed by atoms with E-state index in [-0.39, 0.29) is 22.7 Å². The van der Waals surface area contributed by atoms with E-state index in [1.807, 2.05) is 24.3 Å². The minimum atomic E-state index is -2.88. The zero-order valence-electron chi connectivity index (χ0n) is 14.2. The molecule has 1 aromatic rings. The van der Waals surface area contributed by atoms with Crippen molar-refractivity contribution in [1.29, 1.82) is 0 Å². The Morgan fingerprint density at radius 2 is 2.04 bits per heavy atom. The second kappa shape index (κ2) is 8.76. The van der Waals surface area contributed by atoms with Crippen LogP contribution in [0.2, 0.25) is 0 Å². The molecule has 0 unspecified atom stereocenters. The van der Waals surface area contributed by atoms with Gasteiger partial charge in [-0.2, -0.15) is 0 Å². The number of ether oxygens (including phenoxy) is 1. The first kappa shape index (κ1) is 19.1. The Kier molecular flexibility index (Phi) is 6.98. The number of nitrogens with one attached hydrogen (secondary N) is 1. The van der Waals surface area contributed by atoms with E-state index in [2.05, 4.69) is 19.2 Å². The fourth-order valence-corrected chi connectivity index (χ4v) is 5.92. The van der Waals surface area contributed by atoms with Crippen LogP contribution in [-0.4, -0.2) is 50.0 Å². The van der Waals surface area contributed by atoms with Crippen molar-refractivity contribution in [2.75, 3.05) is 30.4 Å². The van der Waals surface area contributed by atoms with E-state index in [9.17, 15) is 13.2 Å². The summed E-state index contributed by atoms with van der Waals surface area (Å²) in [5, 5.41) is 2.85. The molecule has 1 saturated heterocycles. The molecule has 1 aromatic carbocycles. The van der Waals surface area contributed by atoms with E-state index in [4.69, 9.17) is 4.74 Å². The summed E-state index contributed by atoms with van der Waals surface area (Å²) in [6.07, 6.45) is 0.649. The summed E-state index contributed by atoms with van der Waals surface area (Å²) in [4.78, 5) is 11.8. The fourth-order valence-electron chi connectivity index (χ4n) is 2.45. The highest BCUT2D eigenvalue weighted by Gasteiger charge is 2.28. The Bertz CT molecular complexity index is 641. The first-order valence-corrected chi connectivity index (χ1v) is 11.0. The zero-order chi connectivity index (χ0) is 17.6. The lowest BCUT2D eigenvalue weighted by Crippen LogP contribution is -2.30. The molecule has 24 heavy (non-hydrogen) atoms. The number of rotatable bonds is 8. The van der Waals surface area contributed by atoms with E-state index in [1.165, 1.54) is 17.3 Å². The number of hydrogen-bond donors (Lipinski definition) is 1. The highest BCUT2D eigenvalue weighted by molar-refractivity contribution is 8.02. The molecule has 0 aliphatic carbocycles. The van der Waals surface area contributed by atoms with Gasteiger partial charge >= 0.3 is 0 Å². The van der Waals surface area contributed by atoms with Crippen LogP contribution >= 0.6 is 11.8 Å². The maximum Gasteiger partial charge on any atom is 0.230 e. The van der Waals surface area contributed by atoms with Crippen molar-refractivity contribution in [2.24, 2.45) is 0 Å². The third kappa shape index (κ3) is 6.36. The quantitative estimate of drug-likeness (QED) is 0.710. The number of carbonyl (C=O) groups excluding carboxylic acids is 1. The smallest absolute Gasteiger partial charge is 0.230 e. The van der Waals surface area contributed by atoms with Crippen molar-refractivity contribution in [3.05, 3.63) is 29.8 Å². The number of carbonyl (C=O) groups is 1. The first-order valence-electron chi connectivity index (χ1n) is 8.17. The van der Waals surface area contributed by atoms with Gasteiger partial charge in [0.15, 0.2) is 9.84 Å². The molecule has 0 aromatic heterocycles. The maximum absolute atomic E-state index is 11.8. The molecule has 0 saturated carbocycles. The SMILES string of the molecule is CC(C)c1ccc(OCCNC(=O)CS[C@H]2CCS(=O)(=O)C2)cc1. The van der Waals surface area contributed by atoms with Gasteiger partial charge in [-0.3, -0.25) is 4.79 Å². The molecule has 1 heterocycles. The first-order chi connectivity index (χ1) is 11.4. The zero-order valence-corrected chi connectivity index (χ0v) is 15.8. The van der Waals surface area contributed by atoms with Crippen molar-refractivity contribution < 1.29 is 17.9 Å². The van der Waals surface area contributed by atoms with Crippen LogP contribution in [0, 0.1) is 0 Å². The van der Waals surface area contributed by atoms with E-state index >= 15 is 0 Å². The topological polar surface area (TPSA) is 72.5 Å². The maximum atomic E-state index is 11.8.